The second kappa shape index (κ2) is 8.16. The summed E-state index contributed by atoms with van der Waals surface area (Å²) in [6, 6.07) is 2.77. The van der Waals surface area contributed by atoms with E-state index in [0.29, 0.717) is 24.1 Å². The number of carbonyl (C=O) groups excluding carboxylic acids is 1. The molecular formula is C27H33F3N6O2. The molecule has 5 aliphatic rings. The summed E-state index contributed by atoms with van der Waals surface area (Å²) in [5.41, 5.74) is -0.382. The van der Waals surface area contributed by atoms with Crippen LogP contribution in [0, 0.1) is 16.7 Å². The largest absolute Gasteiger partial charge is 0.417 e. The van der Waals surface area contributed by atoms with Gasteiger partial charge in [0.2, 0.25) is 0 Å². The molecule has 38 heavy (non-hydrogen) atoms. The van der Waals surface area contributed by atoms with Gasteiger partial charge in [-0.3, -0.25) is 10.1 Å². The fraction of sp³-hybridized carbons (Fsp3) is 0.704. The van der Waals surface area contributed by atoms with Crippen molar-refractivity contribution in [3.8, 4) is 0 Å². The van der Waals surface area contributed by atoms with Crippen molar-refractivity contribution in [1.29, 1.82) is 0 Å². The van der Waals surface area contributed by atoms with Gasteiger partial charge in [0.15, 0.2) is 5.82 Å². The van der Waals surface area contributed by atoms with Gasteiger partial charge in [0.05, 0.1) is 5.56 Å². The quantitative estimate of drug-likeness (QED) is 0.617. The zero-order valence-electron chi connectivity index (χ0n) is 21.3. The summed E-state index contributed by atoms with van der Waals surface area (Å²) in [7, 11) is 0. The molecule has 11 heteroatoms. The van der Waals surface area contributed by atoms with E-state index >= 15 is 0 Å². The zero-order valence-corrected chi connectivity index (χ0v) is 21.3. The average molecular weight is 531 g/mol. The van der Waals surface area contributed by atoms with Crippen LogP contribution in [0.2, 0.25) is 0 Å². The standard InChI is InChI=1S/C27H33F3N6O2/c28-27(29,30)19-1-2-20(31-12-19)9-17-3-5-24(6-4-17)13-35(14-24)23(37)36-15-25(16-36)10-18(11-25)21-32-22(34-33-21)26(38)7-8-26/h1-2,12,17-18,38H,3-11,13-16H2,(H,32,33,34). The molecule has 8 nitrogen and oxygen atoms in total. The first-order valence-corrected chi connectivity index (χ1v) is 13.8. The predicted molar refractivity (Wildman–Crippen MR) is 130 cm³/mol. The van der Waals surface area contributed by atoms with Crippen LogP contribution in [0.1, 0.15) is 80.2 Å². The van der Waals surface area contributed by atoms with Gasteiger partial charge in [-0.25, -0.2) is 9.78 Å². The van der Waals surface area contributed by atoms with Crippen molar-refractivity contribution >= 4 is 6.03 Å². The molecule has 0 bridgehead atoms. The van der Waals surface area contributed by atoms with Gasteiger partial charge in [-0.1, -0.05) is 0 Å². The van der Waals surface area contributed by atoms with Crippen molar-refractivity contribution < 1.29 is 23.1 Å². The van der Waals surface area contributed by atoms with E-state index in [1.165, 1.54) is 6.07 Å². The summed E-state index contributed by atoms with van der Waals surface area (Å²) in [5.74, 6) is 2.15. The summed E-state index contributed by atoms with van der Waals surface area (Å²) >= 11 is 0. The number of aromatic amines is 1. The molecule has 2 saturated heterocycles. The summed E-state index contributed by atoms with van der Waals surface area (Å²) in [6.45, 7) is 3.23. The van der Waals surface area contributed by atoms with Crippen molar-refractivity contribution in [1.82, 2.24) is 30.0 Å². The Morgan fingerprint density at radius 3 is 2.26 bits per heavy atom. The van der Waals surface area contributed by atoms with Crippen LogP contribution in [-0.2, 0) is 18.2 Å². The van der Waals surface area contributed by atoms with E-state index in [2.05, 4.69) is 20.2 Å². The number of aromatic nitrogens is 4. The minimum atomic E-state index is -4.35. The van der Waals surface area contributed by atoms with E-state index in [1.54, 1.807) is 0 Å². The van der Waals surface area contributed by atoms with Crippen LogP contribution in [0.4, 0.5) is 18.0 Å². The average Bonchev–Trinajstić information content (AvgIpc) is 3.36. The molecule has 2 amide bonds. The summed E-state index contributed by atoms with van der Waals surface area (Å²) < 4.78 is 38.3. The summed E-state index contributed by atoms with van der Waals surface area (Å²) in [5, 5.41) is 17.4. The minimum Gasteiger partial charge on any atom is -0.382 e. The Hall–Kier alpha value is -2.69. The van der Waals surface area contributed by atoms with Gasteiger partial charge < -0.3 is 14.9 Å². The Labute approximate surface area is 219 Å². The molecule has 2 spiro atoms. The molecule has 4 heterocycles. The highest BCUT2D eigenvalue weighted by Gasteiger charge is 2.57. The lowest BCUT2D eigenvalue weighted by atomic mass is 9.57. The van der Waals surface area contributed by atoms with Gasteiger partial charge in [0, 0.05) is 54.8 Å². The Balaban J connectivity index is 0.839. The molecule has 2 aliphatic heterocycles. The Bertz CT molecular complexity index is 1210. The van der Waals surface area contributed by atoms with Gasteiger partial charge in [-0.2, -0.15) is 18.3 Å². The van der Waals surface area contributed by atoms with Crippen LogP contribution in [0.25, 0.3) is 0 Å². The smallest absolute Gasteiger partial charge is 0.382 e. The number of pyridine rings is 1. The molecule has 0 aromatic carbocycles. The molecular weight excluding hydrogens is 497 g/mol. The van der Waals surface area contributed by atoms with Crippen LogP contribution in [-0.4, -0.2) is 67.3 Å². The first-order chi connectivity index (χ1) is 18.0. The number of likely N-dealkylation sites (tertiary alicyclic amines) is 2. The Morgan fingerprint density at radius 2 is 1.68 bits per heavy atom. The number of H-pyrrole nitrogens is 1. The minimum absolute atomic E-state index is 0.152. The number of urea groups is 1. The molecule has 3 aliphatic carbocycles. The Kier molecular flexibility index (Phi) is 5.23. The van der Waals surface area contributed by atoms with Gasteiger partial charge >= 0.3 is 12.2 Å². The molecule has 3 saturated carbocycles. The van der Waals surface area contributed by atoms with E-state index in [4.69, 9.17) is 0 Å². The lowest BCUT2D eigenvalue weighted by Gasteiger charge is -2.61. The number of nitrogens with zero attached hydrogens (tertiary/aromatic N) is 5. The molecule has 7 rings (SSSR count). The highest BCUT2D eigenvalue weighted by molar-refractivity contribution is 5.76. The van der Waals surface area contributed by atoms with Crippen molar-refractivity contribution in [2.75, 3.05) is 26.2 Å². The number of alkyl halides is 3. The maximum Gasteiger partial charge on any atom is 0.417 e. The maximum absolute atomic E-state index is 13.0. The van der Waals surface area contributed by atoms with Crippen molar-refractivity contribution in [3.05, 3.63) is 41.2 Å². The van der Waals surface area contributed by atoms with Crippen LogP contribution in [0.15, 0.2) is 18.3 Å². The second-order valence-electron chi connectivity index (χ2n) is 12.9. The predicted octanol–water partition coefficient (Wildman–Crippen LogP) is 4.23. The molecule has 204 valence electrons. The van der Waals surface area contributed by atoms with Gasteiger partial charge in [-0.05, 0) is 75.8 Å². The third kappa shape index (κ3) is 4.17. The number of amides is 2. The molecule has 5 fully saturated rings. The van der Waals surface area contributed by atoms with Crippen molar-refractivity contribution in [3.63, 3.8) is 0 Å². The fourth-order valence-corrected chi connectivity index (χ4v) is 7.26. The lowest BCUT2D eigenvalue weighted by Crippen LogP contribution is -2.69. The zero-order chi connectivity index (χ0) is 26.3. The topological polar surface area (TPSA) is 98.2 Å². The van der Waals surface area contributed by atoms with Crippen LogP contribution >= 0.6 is 0 Å². The maximum atomic E-state index is 13.0. The number of aliphatic hydroxyl groups is 1. The molecule has 2 aromatic rings. The first-order valence-electron chi connectivity index (χ1n) is 13.8. The highest BCUT2D eigenvalue weighted by Crippen LogP contribution is 2.56. The van der Waals surface area contributed by atoms with Gasteiger partial charge in [0.25, 0.3) is 0 Å². The third-order valence-corrected chi connectivity index (χ3v) is 9.85. The normalized spacial score (nSPS) is 25.7. The number of rotatable bonds is 4. The molecule has 2 N–H and O–H groups in total. The van der Waals surface area contributed by atoms with Gasteiger partial charge in [0.1, 0.15) is 11.4 Å². The molecule has 0 radical (unpaired) electrons. The number of carbonyl (C=O) groups is 1. The highest BCUT2D eigenvalue weighted by atomic mass is 19.4. The Morgan fingerprint density at radius 1 is 1.03 bits per heavy atom. The third-order valence-electron chi connectivity index (χ3n) is 9.85. The monoisotopic (exact) mass is 530 g/mol. The molecule has 0 unspecified atom stereocenters. The van der Waals surface area contributed by atoms with Crippen molar-refractivity contribution in [2.45, 2.75) is 75.5 Å². The van der Waals surface area contributed by atoms with E-state index in [1.807, 2.05) is 9.80 Å². The SMILES string of the molecule is O=C(N1CC2(CCC(Cc3ccc(C(F)(F)F)cn3)CC2)C1)N1CC2(CC(c3nc(C4(O)CC4)n[nH]3)C2)C1. The fourth-order valence-electron chi connectivity index (χ4n) is 7.26. The van der Waals surface area contributed by atoms with Crippen LogP contribution in [0.5, 0.6) is 0 Å². The lowest BCUT2D eigenvalue weighted by molar-refractivity contribution is -0.137. The summed E-state index contributed by atoms with van der Waals surface area (Å²) in [4.78, 5) is 25.6. The van der Waals surface area contributed by atoms with E-state index in [0.717, 1.165) is 101 Å². The van der Waals surface area contributed by atoms with Crippen molar-refractivity contribution in [2.24, 2.45) is 16.7 Å². The van der Waals surface area contributed by atoms with E-state index in [9.17, 15) is 23.1 Å². The van der Waals surface area contributed by atoms with Crippen LogP contribution < -0.4 is 0 Å². The number of nitrogens with one attached hydrogen (secondary N) is 1. The number of hydrogen-bond donors (Lipinski definition) is 2. The summed E-state index contributed by atoms with van der Waals surface area (Å²) in [6.07, 6.45) is 4.93. The molecule has 0 atom stereocenters. The van der Waals surface area contributed by atoms with E-state index < -0.39 is 17.3 Å². The number of hydrogen-bond acceptors (Lipinski definition) is 5. The molecule has 2 aromatic heterocycles. The van der Waals surface area contributed by atoms with E-state index in [-0.39, 0.29) is 16.9 Å². The van der Waals surface area contributed by atoms with Crippen LogP contribution in [0.3, 0.4) is 0 Å². The second-order valence-corrected chi connectivity index (χ2v) is 12.9. The first kappa shape index (κ1) is 24.4. The van der Waals surface area contributed by atoms with Gasteiger partial charge in [-0.15, -0.1) is 0 Å². The number of halogens is 3.